The topological polar surface area (TPSA) is 63.3 Å². The van der Waals surface area contributed by atoms with Crippen LogP contribution in [0, 0.1) is 0 Å². The Labute approximate surface area is 123 Å². The highest BCUT2D eigenvalue weighted by Gasteiger charge is 2.17. The minimum Gasteiger partial charge on any atom is -0.370 e. The lowest BCUT2D eigenvalue weighted by atomic mass is 9.98. The second-order valence-electron chi connectivity index (χ2n) is 5.59. The van der Waals surface area contributed by atoms with E-state index in [1.54, 1.807) is 11.3 Å². The zero-order valence-corrected chi connectivity index (χ0v) is 12.9. The summed E-state index contributed by atoms with van der Waals surface area (Å²) in [5.74, 6) is 0.404. The summed E-state index contributed by atoms with van der Waals surface area (Å²) in [5, 5.41) is 6.22. The molecule has 0 unspecified atom stereocenters. The van der Waals surface area contributed by atoms with Crippen LogP contribution in [0.5, 0.6) is 0 Å². The summed E-state index contributed by atoms with van der Waals surface area (Å²) in [4.78, 5) is 8.90. The summed E-state index contributed by atoms with van der Waals surface area (Å²) in [7, 11) is 0. The maximum atomic E-state index is 5.86. The molecule has 0 radical (unpaired) electrons. The first-order valence-corrected chi connectivity index (χ1v) is 7.40. The lowest BCUT2D eigenvalue weighted by Gasteiger charge is -2.13. The lowest BCUT2D eigenvalue weighted by molar-refractivity contribution is 0.583. The van der Waals surface area contributed by atoms with Gasteiger partial charge >= 0.3 is 0 Å². The van der Waals surface area contributed by atoms with Crippen LogP contribution in [0.1, 0.15) is 31.5 Å². The second kappa shape index (κ2) is 6.05. The van der Waals surface area contributed by atoms with Gasteiger partial charge in [-0.15, -0.1) is 11.3 Å². The van der Waals surface area contributed by atoms with E-state index in [0.29, 0.717) is 12.5 Å². The van der Waals surface area contributed by atoms with Gasteiger partial charge in [0.2, 0.25) is 0 Å². The molecule has 0 saturated heterocycles. The van der Waals surface area contributed by atoms with Gasteiger partial charge in [0.05, 0.1) is 17.2 Å². The van der Waals surface area contributed by atoms with E-state index < -0.39 is 0 Å². The molecular weight excluding hydrogens is 268 g/mol. The lowest BCUT2D eigenvalue weighted by Crippen LogP contribution is -2.22. The van der Waals surface area contributed by atoms with Crippen LogP contribution < -0.4 is 11.1 Å². The molecule has 5 heteroatoms. The van der Waals surface area contributed by atoms with Gasteiger partial charge in [0.1, 0.15) is 0 Å². The van der Waals surface area contributed by atoms with Gasteiger partial charge in [-0.05, 0) is 12.1 Å². The Bertz CT molecular complexity index is 581. The van der Waals surface area contributed by atoms with Crippen LogP contribution in [0.2, 0.25) is 0 Å². The third-order valence-corrected chi connectivity index (χ3v) is 3.97. The Morgan fingerprint density at radius 3 is 2.60 bits per heavy atom. The van der Waals surface area contributed by atoms with Crippen molar-refractivity contribution in [3.05, 3.63) is 46.4 Å². The van der Waals surface area contributed by atoms with Crippen molar-refractivity contribution in [1.29, 1.82) is 0 Å². The van der Waals surface area contributed by atoms with Gasteiger partial charge < -0.3 is 11.1 Å². The first-order valence-electron chi connectivity index (χ1n) is 6.52. The zero-order chi connectivity index (χ0) is 14.6. The van der Waals surface area contributed by atoms with Crippen LogP contribution in [-0.2, 0) is 12.0 Å². The van der Waals surface area contributed by atoms with Gasteiger partial charge in [-0.1, -0.05) is 39.0 Å². The number of benzene rings is 1. The standard InChI is InChI=1S/C15H20N4S/c1-15(2,3)13-18-12(10-20-13)9-17-14(16)19-11-7-5-4-6-8-11/h4-8,10H,9H2,1-3H3,(H3,16,17,19). The predicted molar refractivity (Wildman–Crippen MR) is 86.2 cm³/mol. The Morgan fingerprint density at radius 2 is 2.00 bits per heavy atom. The molecule has 1 aromatic carbocycles. The van der Waals surface area contributed by atoms with E-state index in [1.165, 1.54) is 0 Å². The maximum Gasteiger partial charge on any atom is 0.193 e. The van der Waals surface area contributed by atoms with E-state index in [2.05, 4.69) is 36.1 Å². The van der Waals surface area contributed by atoms with Crippen LogP contribution in [0.15, 0.2) is 40.7 Å². The van der Waals surface area contributed by atoms with E-state index >= 15 is 0 Å². The minimum atomic E-state index is 0.0838. The molecule has 0 aliphatic heterocycles. The van der Waals surface area contributed by atoms with Gasteiger partial charge in [-0.25, -0.2) is 9.98 Å². The highest BCUT2D eigenvalue weighted by atomic mass is 32.1. The Balaban J connectivity index is 1.97. The molecular formula is C15H20N4S. The van der Waals surface area contributed by atoms with Gasteiger partial charge in [-0.2, -0.15) is 0 Å². The smallest absolute Gasteiger partial charge is 0.193 e. The number of thiazole rings is 1. The number of nitrogens with one attached hydrogen (secondary N) is 1. The van der Waals surface area contributed by atoms with Crippen molar-refractivity contribution < 1.29 is 0 Å². The van der Waals surface area contributed by atoms with Gasteiger partial charge in [-0.3, -0.25) is 0 Å². The Kier molecular flexibility index (Phi) is 4.39. The monoisotopic (exact) mass is 288 g/mol. The molecule has 0 atom stereocenters. The molecule has 0 fully saturated rings. The molecule has 1 heterocycles. The third kappa shape index (κ3) is 4.06. The van der Waals surface area contributed by atoms with Crippen LogP contribution in [0.3, 0.4) is 0 Å². The number of hydrogen-bond donors (Lipinski definition) is 2. The molecule has 0 aliphatic carbocycles. The summed E-state index contributed by atoms with van der Waals surface area (Å²) in [5.41, 5.74) is 7.83. The number of anilines is 1. The van der Waals surface area contributed by atoms with E-state index in [9.17, 15) is 0 Å². The number of hydrogen-bond acceptors (Lipinski definition) is 3. The maximum absolute atomic E-state index is 5.86. The van der Waals surface area contributed by atoms with Crippen molar-refractivity contribution in [3.63, 3.8) is 0 Å². The summed E-state index contributed by atoms with van der Waals surface area (Å²) < 4.78 is 0. The van der Waals surface area contributed by atoms with E-state index in [1.807, 2.05) is 35.7 Å². The average Bonchev–Trinajstić information content (AvgIpc) is 2.86. The molecule has 20 heavy (non-hydrogen) atoms. The normalized spacial score (nSPS) is 12.4. The van der Waals surface area contributed by atoms with Gasteiger partial charge in [0.15, 0.2) is 5.96 Å². The number of para-hydroxylation sites is 1. The molecule has 0 bridgehead atoms. The summed E-state index contributed by atoms with van der Waals surface area (Å²) >= 11 is 1.67. The SMILES string of the molecule is CC(C)(C)c1nc(CN=C(N)Nc2ccccc2)cs1. The fourth-order valence-corrected chi connectivity index (χ4v) is 2.50. The number of nitrogens with zero attached hydrogens (tertiary/aromatic N) is 2. The zero-order valence-electron chi connectivity index (χ0n) is 12.1. The molecule has 2 aromatic rings. The summed E-state index contributed by atoms with van der Waals surface area (Å²) in [6.07, 6.45) is 0. The Morgan fingerprint density at radius 1 is 1.30 bits per heavy atom. The van der Waals surface area contributed by atoms with E-state index in [-0.39, 0.29) is 5.41 Å². The molecule has 1 aromatic heterocycles. The molecule has 106 valence electrons. The van der Waals surface area contributed by atoms with E-state index in [4.69, 9.17) is 5.73 Å². The molecule has 2 rings (SSSR count). The quantitative estimate of drug-likeness (QED) is 0.672. The first-order chi connectivity index (χ1) is 9.45. The fraction of sp³-hybridized carbons (Fsp3) is 0.333. The Hall–Kier alpha value is -1.88. The van der Waals surface area contributed by atoms with Crippen molar-refractivity contribution in [2.45, 2.75) is 32.7 Å². The number of aliphatic imine (C=N–C) groups is 1. The van der Waals surface area contributed by atoms with Crippen molar-refractivity contribution in [2.75, 3.05) is 5.32 Å². The fourth-order valence-electron chi connectivity index (χ4n) is 1.60. The highest BCUT2D eigenvalue weighted by Crippen LogP contribution is 2.25. The third-order valence-electron chi connectivity index (χ3n) is 2.65. The second-order valence-corrected chi connectivity index (χ2v) is 6.44. The van der Waals surface area contributed by atoms with Crippen LogP contribution in [0.25, 0.3) is 0 Å². The van der Waals surface area contributed by atoms with Crippen molar-refractivity contribution in [2.24, 2.45) is 10.7 Å². The van der Waals surface area contributed by atoms with Gasteiger partial charge in [0.25, 0.3) is 0 Å². The van der Waals surface area contributed by atoms with Crippen molar-refractivity contribution >= 4 is 23.0 Å². The average molecular weight is 288 g/mol. The number of rotatable bonds is 3. The minimum absolute atomic E-state index is 0.0838. The van der Waals surface area contributed by atoms with Gasteiger partial charge in [0, 0.05) is 16.5 Å². The van der Waals surface area contributed by atoms with Crippen molar-refractivity contribution in [3.8, 4) is 0 Å². The molecule has 0 saturated carbocycles. The summed E-state index contributed by atoms with van der Waals surface area (Å²) in [6.45, 7) is 6.97. The molecule has 3 N–H and O–H groups in total. The highest BCUT2D eigenvalue weighted by molar-refractivity contribution is 7.09. The molecule has 0 aliphatic rings. The van der Waals surface area contributed by atoms with Crippen molar-refractivity contribution in [1.82, 2.24) is 4.98 Å². The molecule has 0 spiro atoms. The number of aromatic nitrogens is 1. The molecule has 4 nitrogen and oxygen atoms in total. The van der Waals surface area contributed by atoms with Crippen LogP contribution in [0.4, 0.5) is 5.69 Å². The van der Waals surface area contributed by atoms with Crippen LogP contribution in [-0.4, -0.2) is 10.9 Å². The number of guanidine groups is 1. The van der Waals surface area contributed by atoms with Crippen LogP contribution >= 0.6 is 11.3 Å². The predicted octanol–water partition coefficient (Wildman–Crippen LogP) is 3.37. The number of nitrogens with two attached hydrogens (primary N) is 1. The largest absolute Gasteiger partial charge is 0.370 e. The first kappa shape index (κ1) is 14.5. The molecule has 0 amide bonds. The van der Waals surface area contributed by atoms with E-state index in [0.717, 1.165) is 16.4 Å². The summed E-state index contributed by atoms with van der Waals surface area (Å²) in [6, 6.07) is 9.75.